The fourth-order valence-electron chi connectivity index (χ4n) is 2.18. The maximum Gasteiger partial charge on any atom is -0.00173 e. The second-order valence-corrected chi connectivity index (χ2v) is 5.70. The number of nitrogens with one attached hydrogen (secondary N) is 1. The highest BCUT2D eigenvalue weighted by Gasteiger charge is 2.07. The highest BCUT2D eigenvalue weighted by atomic mass is 14.9. The van der Waals surface area contributed by atoms with Gasteiger partial charge in [0.05, 0.1) is 0 Å². The summed E-state index contributed by atoms with van der Waals surface area (Å²) in [4.78, 5) is 0. The van der Waals surface area contributed by atoms with Gasteiger partial charge in [0, 0.05) is 0 Å². The zero-order valence-corrected chi connectivity index (χ0v) is 12.5. The molecule has 0 aromatic heterocycles. The number of hydrogen-bond acceptors (Lipinski definition) is 1. The van der Waals surface area contributed by atoms with Crippen LogP contribution in [0.5, 0.6) is 0 Å². The van der Waals surface area contributed by atoms with Crippen LogP contribution in [0.2, 0.25) is 0 Å². The summed E-state index contributed by atoms with van der Waals surface area (Å²) in [6.07, 6.45) is 3.58. The molecule has 0 aliphatic rings. The fraction of sp³-hybridized carbons (Fsp3) is 0.647. The van der Waals surface area contributed by atoms with E-state index in [9.17, 15) is 0 Å². The molecule has 0 amide bonds. The Morgan fingerprint density at radius 1 is 0.944 bits per heavy atom. The summed E-state index contributed by atoms with van der Waals surface area (Å²) in [7, 11) is 0. The lowest BCUT2D eigenvalue weighted by Crippen LogP contribution is -2.27. The lowest BCUT2D eigenvalue weighted by atomic mass is 9.96. The van der Waals surface area contributed by atoms with Gasteiger partial charge in [-0.2, -0.15) is 0 Å². The Hall–Kier alpha value is -0.820. The van der Waals surface area contributed by atoms with Gasteiger partial charge in [-0.25, -0.2) is 0 Å². The quantitative estimate of drug-likeness (QED) is 0.730. The Kier molecular flexibility index (Phi) is 7.04. The van der Waals surface area contributed by atoms with E-state index in [0.29, 0.717) is 0 Å². The third-order valence-corrected chi connectivity index (χ3v) is 3.52. The van der Waals surface area contributed by atoms with E-state index >= 15 is 0 Å². The number of rotatable bonds is 8. The second-order valence-electron chi connectivity index (χ2n) is 5.70. The molecular formula is C17H29N. The van der Waals surface area contributed by atoms with Crippen molar-refractivity contribution in [1.29, 1.82) is 0 Å². The van der Waals surface area contributed by atoms with Gasteiger partial charge in [0.1, 0.15) is 0 Å². The van der Waals surface area contributed by atoms with Crippen LogP contribution >= 0.6 is 0 Å². The van der Waals surface area contributed by atoms with Gasteiger partial charge in [-0.3, -0.25) is 0 Å². The van der Waals surface area contributed by atoms with Gasteiger partial charge in [0.2, 0.25) is 0 Å². The lowest BCUT2D eigenvalue weighted by molar-refractivity contribution is 0.437. The van der Waals surface area contributed by atoms with Crippen LogP contribution in [-0.2, 0) is 12.8 Å². The first-order chi connectivity index (χ1) is 8.65. The molecule has 18 heavy (non-hydrogen) atoms. The molecule has 0 bridgehead atoms. The summed E-state index contributed by atoms with van der Waals surface area (Å²) in [6, 6.07) is 9.13. The second kappa shape index (κ2) is 8.31. The van der Waals surface area contributed by atoms with E-state index in [1.54, 1.807) is 0 Å². The van der Waals surface area contributed by atoms with Gasteiger partial charge in [-0.1, -0.05) is 58.4 Å². The fourth-order valence-corrected chi connectivity index (χ4v) is 2.18. The smallest absolute Gasteiger partial charge is 0.00173 e. The molecule has 102 valence electrons. The molecule has 1 heteroatoms. The third kappa shape index (κ3) is 5.68. The minimum Gasteiger partial charge on any atom is -0.316 e. The van der Waals surface area contributed by atoms with Crippen molar-refractivity contribution in [3.63, 3.8) is 0 Å². The predicted octanol–water partition coefficient (Wildman–Crippen LogP) is 4.06. The molecule has 1 aromatic carbocycles. The van der Waals surface area contributed by atoms with Gasteiger partial charge < -0.3 is 5.32 Å². The van der Waals surface area contributed by atoms with Crippen LogP contribution in [0.3, 0.4) is 0 Å². The Balaban J connectivity index is 2.41. The first kappa shape index (κ1) is 15.2. The largest absolute Gasteiger partial charge is 0.316 e. The highest BCUT2D eigenvalue weighted by Crippen LogP contribution is 2.13. The molecule has 0 aliphatic carbocycles. The topological polar surface area (TPSA) is 12.0 Å². The highest BCUT2D eigenvalue weighted by molar-refractivity contribution is 5.22. The number of hydrogen-bond donors (Lipinski definition) is 1. The van der Waals surface area contributed by atoms with Gasteiger partial charge in [-0.15, -0.1) is 0 Å². The maximum atomic E-state index is 3.58. The first-order valence-corrected chi connectivity index (χ1v) is 7.44. The maximum absolute atomic E-state index is 3.58. The number of aryl methyl sites for hydroxylation is 1. The minimum absolute atomic E-state index is 0.742. The van der Waals surface area contributed by atoms with Crippen molar-refractivity contribution in [3.8, 4) is 0 Å². The molecule has 0 aliphatic heterocycles. The summed E-state index contributed by atoms with van der Waals surface area (Å²) >= 11 is 0. The van der Waals surface area contributed by atoms with Crippen LogP contribution in [0.25, 0.3) is 0 Å². The molecule has 1 rings (SSSR count). The van der Waals surface area contributed by atoms with E-state index in [1.165, 1.54) is 24.0 Å². The Morgan fingerprint density at radius 2 is 1.56 bits per heavy atom. The molecule has 0 saturated carbocycles. The molecule has 1 aromatic rings. The Morgan fingerprint density at radius 3 is 2.06 bits per heavy atom. The molecular weight excluding hydrogens is 218 g/mol. The average Bonchev–Trinajstić information content (AvgIpc) is 2.38. The molecule has 0 spiro atoms. The van der Waals surface area contributed by atoms with E-state index in [2.05, 4.69) is 57.3 Å². The number of benzene rings is 1. The van der Waals surface area contributed by atoms with Crippen molar-refractivity contribution in [2.75, 3.05) is 13.1 Å². The zero-order chi connectivity index (χ0) is 13.4. The molecule has 1 N–H and O–H groups in total. The van der Waals surface area contributed by atoms with E-state index in [0.717, 1.165) is 31.3 Å². The van der Waals surface area contributed by atoms with Crippen LogP contribution in [0, 0.1) is 11.8 Å². The van der Waals surface area contributed by atoms with Crippen molar-refractivity contribution in [2.45, 2.75) is 47.0 Å². The summed E-state index contributed by atoms with van der Waals surface area (Å²) in [6.45, 7) is 11.3. The Labute approximate surface area is 113 Å². The van der Waals surface area contributed by atoms with Crippen molar-refractivity contribution in [2.24, 2.45) is 11.8 Å². The summed E-state index contributed by atoms with van der Waals surface area (Å²) in [5.74, 6) is 1.50. The molecule has 1 unspecified atom stereocenters. The lowest BCUT2D eigenvalue weighted by Gasteiger charge is -2.17. The monoisotopic (exact) mass is 247 g/mol. The van der Waals surface area contributed by atoms with Gasteiger partial charge in [0.15, 0.2) is 0 Å². The van der Waals surface area contributed by atoms with Crippen LogP contribution in [-0.4, -0.2) is 13.1 Å². The van der Waals surface area contributed by atoms with E-state index < -0.39 is 0 Å². The Bertz CT molecular complexity index is 313. The van der Waals surface area contributed by atoms with Gasteiger partial charge in [-0.05, 0) is 48.9 Å². The van der Waals surface area contributed by atoms with Crippen molar-refractivity contribution >= 4 is 0 Å². The van der Waals surface area contributed by atoms with Gasteiger partial charge >= 0.3 is 0 Å². The van der Waals surface area contributed by atoms with E-state index in [4.69, 9.17) is 0 Å². The summed E-state index contributed by atoms with van der Waals surface area (Å²) in [5.41, 5.74) is 2.91. The van der Waals surface area contributed by atoms with Crippen LogP contribution in [0.4, 0.5) is 0 Å². The van der Waals surface area contributed by atoms with Crippen LogP contribution < -0.4 is 5.32 Å². The van der Waals surface area contributed by atoms with Crippen LogP contribution in [0.15, 0.2) is 24.3 Å². The van der Waals surface area contributed by atoms with Crippen molar-refractivity contribution in [1.82, 2.24) is 5.32 Å². The SMILES string of the molecule is CCc1ccc(CC(CC)CNCC(C)C)cc1. The van der Waals surface area contributed by atoms with E-state index in [-0.39, 0.29) is 0 Å². The van der Waals surface area contributed by atoms with Gasteiger partial charge in [0.25, 0.3) is 0 Å². The van der Waals surface area contributed by atoms with E-state index in [1.807, 2.05) is 0 Å². The molecule has 0 saturated heterocycles. The standard InChI is InChI=1S/C17H29N/c1-5-15-7-9-17(10-8-15)11-16(6-2)13-18-12-14(3)4/h7-10,14,16,18H,5-6,11-13H2,1-4H3. The molecule has 0 heterocycles. The molecule has 1 atom stereocenters. The zero-order valence-electron chi connectivity index (χ0n) is 12.5. The molecule has 1 nitrogen and oxygen atoms in total. The first-order valence-electron chi connectivity index (χ1n) is 7.44. The summed E-state index contributed by atoms with van der Waals surface area (Å²) in [5, 5.41) is 3.58. The third-order valence-electron chi connectivity index (χ3n) is 3.52. The van der Waals surface area contributed by atoms with Crippen molar-refractivity contribution in [3.05, 3.63) is 35.4 Å². The van der Waals surface area contributed by atoms with Crippen LogP contribution in [0.1, 0.15) is 45.2 Å². The molecule has 0 fully saturated rings. The summed E-state index contributed by atoms with van der Waals surface area (Å²) < 4.78 is 0. The predicted molar refractivity (Wildman–Crippen MR) is 81.0 cm³/mol. The minimum atomic E-state index is 0.742. The normalized spacial score (nSPS) is 12.9. The molecule has 0 radical (unpaired) electrons. The van der Waals surface area contributed by atoms with Crippen molar-refractivity contribution < 1.29 is 0 Å². The average molecular weight is 247 g/mol.